The molecule has 0 spiro atoms. The summed E-state index contributed by atoms with van der Waals surface area (Å²) in [6.45, 7) is 5.07. The molecule has 1 rings (SSSR count). The van der Waals surface area contributed by atoms with Gasteiger partial charge in [0.2, 0.25) is 5.91 Å². The van der Waals surface area contributed by atoms with E-state index < -0.39 is 0 Å². The third kappa shape index (κ3) is 4.73. The molecule has 1 aromatic heterocycles. The largest absolute Gasteiger partial charge is 0.355 e. The number of nitrogens with one attached hydrogen (secondary N) is 1. The van der Waals surface area contributed by atoms with E-state index in [0.717, 1.165) is 25.8 Å². The molecule has 4 nitrogen and oxygen atoms in total. The van der Waals surface area contributed by atoms with E-state index in [4.69, 9.17) is 0 Å². The molecule has 0 radical (unpaired) electrons. The van der Waals surface area contributed by atoms with E-state index >= 15 is 0 Å². The van der Waals surface area contributed by atoms with Crippen molar-refractivity contribution in [1.29, 1.82) is 0 Å². The van der Waals surface area contributed by atoms with Gasteiger partial charge in [-0.2, -0.15) is 0 Å². The molecule has 0 aliphatic heterocycles. The van der Waals surface area contributed by atoms with E-state index in [2.05, 4.69) is 12.2 Å². The van der Waals surface area contributed by atoms with Crippen LogP contribution in [0.5, 0.6) is 0 Å². The molecule has 0 fully saturated rings. The van der Waals surface area contributed by atoms with Crippen molar-refractivity contribution in [3.8, 4) is 0 Å². The van der Waals surface area contributed by atoms with E-state index in [1.807, 2.05) is 6.92 Å². The van der Waals surface area contributed by atoms with Gasteiger partial charge in [0, 0.05) is 30.9 Å². The highest BCUT2D eigenvalue weighted by molar-refractivity contribution is 5.95. The van der Waals surface area contributed by atoms with Crippen molar-refractivity contribution in [2.24, 2.45) is 0 Å². The van der Waals surface area contributed by atoms with Gasteiger partial charge in [-0.1, -0.05) is 20.3 Å². The SMILES string of the molecule is CCCCNC(=O)Cn1ccc(C(=O)CCC)c1. The Balaban J connectivity index is 2.43. The highest BCUT2D eigenvalue weighted by Crippen LogP contribution is 2.06. The minimum atomic E-state index is -0.00598. The number of aromatic nitrogens is 1. The summed E-state index contributed by atoms with van der Waals surface area (Å²) in [5.74, 6) is 0.135. The predicted octanol–water partition coefficient (Wildman–Crippen LogP) is 2.39. The van der Waals surface area contributed by atoms with Gasteiger partial charge in [0.15, 0.2) is 5.78 Å². The maximum Gasteiger partial charge on any atom is 0.239 e. The van der Waals surface area contributed by atoms with Crippen molar-refractivity contribution >= 4 is 11.7 Å². The van der Waals surface area contributed by atoms with E-state index in [0.29, 0.717) is 12.0 Å². The highest BCUT2D eigenvalue weighted by Gasteiger charge is 2.08. The van der Waals surface area contributed by atoms with Crippen LogP contribution in [0.1, 0.15) is 49.9 Å². The van der Waals surface area contributed by atoms with Gasteiger partial charge >= 0.3 is 0 Å². The third-order valence-electron chi connectivity index (χ3n) is 2.73. The van der Waals surface area contributed by atoms with Crippen molar-refractivity contribution < 1.29 is 9.59 Å². The van der Waals surface area contributed by atoms with Crippen LogP contribution in [0.2, 0.25) is 0 Å². The van der Waals surface area contributed by atoms with Crippen molar-refractivity contribution in [3.05, 3.63) is 24.0 Å². The van der Waals surface area contributed by atoms with Crippen LogP contribution in [-0.4, -0.2) is 22.8 Å². The highest BCUT2D eigenvalue weighted by atomic mass is 16.2. The van der Waals surface area contributed by atoms with Crippen LogP contribution in [0.4, 0.5) is 0 Å². The van der Waals surface area contributed by atoms with Crippen LogP contribution in [0.3, 0.4) is 0 Å². The summed E-state index contributed by atoms with van der Waals surface area (Å²) in [5.41, 5.74) is 0.693. The van der Waals surface area contributed by atoms with E-state index in [-0.39, 0.29) is 18.2 Å². The number of rotatable bonds is 8. The van der Waals surface area contributed by atoms with Crippen LogP contribution in [-0.2, 0) is 11.3 Å². The van der Waals surface area contributed by atoms with E-state index in [9.17, 15) is 9.59 Å². The Hall–Kier alpha value is -1.58. The second kappa shape index (κ2) is 7.69. The number of Topliss-reactive ketones (excluding diaryl/α,β-unsaturated/α-hetero) is 1. The fraction of sp³-hybridized carbons (Fsp3) is 0.571. The van der Waals surface area contributed by atoms with Crippen LogP contribution in [0.25, 0.3) is 0 Å². The fourth-order valence-electron chi connectivity index (χ4n) is 1.70. The molecule has 4 heteroatoms. The van der Waals surface area contributed by atoms with Crippen LogP contribution < -0.4 is 5.32 Å². The normalized spacial score (nSPS) is 10.3. The second-order valence-corrected chi connectivity index (χ2v) is 4.45. The first-order valence-corrected chi connectivity index (χ1v) is 6.63. The Morgan fingerprint density at radius 2 is 2.06 bits per heavy atom. The number of hydrogen-bond acceptors (Lipinski definition) is 2. The zero-order valence-corrected chi connectivity index (χ0v) is 11.2. The van der Waals surface area contributed by atoms with Crippen LogP contribution in [0.15, 0.2) is 18.5 Å². The molecule has 0 unspecified atom stereocenters. The molecular weight excluding hydrogens is 228 g/mol. The smallest absolute Gasteiger partial charge is 0.239 e. The van der Waals surface area contributed by atoms with Gasteiger partial charge in [-0.15, -0.1) is 0 Å². The second-order valence-electron chi connectivity index (χ2n) is 4.45. The number of ketones is 1. The quantitative estimate of drug-likeness (QED) is 0.569. The molecule has 0 aromatic carbocycles. The summed E-state index contributed by atoms with van der Waals surface area (Å²) < 4.78 is 1.75. The minimum Gasteiger partial charge on any atom is -0.355 e. The molecule has 0 bridgehead atoms. The van der Waals surface area contributed by atoms with Crippen molar-refractivity contribution in [3.63, 3.8) is 0 Å². The maximum absolute atomic E-state index is 11.6. The van der Waals surface area contributed by atoms with Crippen LogP contribution in [0, 0.1) is 0 Å². The molecule has 1 N–H and O–H groups in total. The number of unbranched alkanes of at least 4 members (excludes halogenated alkanes) is 1. The lowest BCUT2D eigenvalue weighted by atomic mass is 10.1. The molecule has 100 valence electrons. The monoisotopic (exact) mass is 250 g/mol. The zero-order valence-electron chi connectivity index (χ0n) is 11.2. The Bertz CT molecular complexity index is 396. The Morgan fingerprint density at radius 3 is 2.72 bits per heavy atom. The van der Waals surface area contributed by atoms with Gasteiger partial charge in [-0.05, 0) is 18.9 Å². The first kappa shape index (κ1) is 14.5. The molecule has 1 amide bonds. The lowest BCUT2D eigenvalue weighted by Crippen LogP contribution is -2.27. The molecule has 1 aromatic rings. The molecule has 18 heavy (non-hydrogen) atoms. The van der Waals surface area contributed by atoms with Gasteiger partial charge in [0.1, 0.15) is 6.54 Å². The number of hydrogen-bond donors (Lipinski definition) is 1. The number of amides is 1. The van der Waals surface area contributed by atoms with Gasteiger partial charge in [-0.25, -0.2) is 0 Å². The number of carbonyl (C=O) groups is 2. The molecular formula is C14H22N2O2. The lowest BCUT2D eigenvalue weighted by Gasteiger charge is -2.04. The third-order valence-corrected chi connectivity index (χ3v) is 2.73. The summed E-state index contributed by atoms with van der Waals surface area (Å²) in [5, 5.41) is 2.85. The molecule has 0 aliphatic rings. The summed E-state index contributed by atoms with van der Waals surface area (Å²) >= 11 is 0. The number of carbonyl (C=O) groups excluding carboxylic acids is 2. The molecule has 0 saturated carbocycles. The summed E-state index contributed by atoms with van der Waals surface area (Å²) in [4.78, 5) is 23.2. The van der Waals surface area contributed by atoms with E-state index in [1.165, 1.54) is 0 Å². The first-order valence-electron chi connectivity index (χ1n) is 6.63. The Labute approximate surface area is 108 Å². The van der Waals surface area contributed by atoms with Crippen molar-refractivity contribution in [2.75, 3.05) is 6.54 Å². The van der Waals surface area contributed by atoms with Gasteiger partial charge < -0.3 is 9.88 Å². The zero-order chi connectivity index (χ0) is 13.4. The molecule has 0 aliphatic carbocycles. The molecule has 1 heterocycles. The molecule has 0 atom stereocenters. The average Bonchev–Trinajstić information content (AvgIpc) is 2.78. The topological polar surface area (TPSA) is 51.1 Å². The summed E-state index contributed by atoms with van der Waals surface area (Å²) in [6.07, 6.45) is 7.00. The van der Waals surface area contributed by atoms with Crippen molar-refractivity contribution in [1.82, 2.24) is 9.88 Å². The van der Waals surface area contributed by atoms with E-state index in [1.54, 1.807) is 23.0 Å². The number of nitrogens with zero attached hydrogens (tertiary/aromatic N) is 1. The first-order chi connectivity index (χ1) is 8.67. The van der Waals surface area contributed by atoms with Gasteiger partial charge in [0.05, 0.1) is 0 Å². The average molecular weight is 250 g/mol. The standard InChI is InChI=1S/C14H22N2O2/c1-3-5-8-15-14(18)11-16-9-7-12(10-16)13(17)6-4-2/h7,9-10H,3-6,8,11H2,1-2H3,(H,15,18). The van der Waals surface area contributed by atoms with Gasteiger partial charge in [0.25, 0.3) is 0 Å². The lowest BCUT2D eigenvalue weighted by molar-refractivity contribution is -0.121. The van der Waals surface area contributed by atoms with Crippen LogP contribution >= 0.6 is 0 Å². The summed E-state index contributed by atoms with van der Waals surface area (Å²) in [6, 6.07) is 1.78. The fourth-order valence-corrected chi connectivity index (χ4v) is 1.70. The summed E-state index contributed by atoms with van der Waals surface area (Å²) in [7, 11) is 0. The molecule has 0 saturated heterocycles. The maximum atomic E-state index is 11.6. The Kier molecular flexibility index (Phi) is 6.19. The van der Waals surface area contributed by atoms with Crippen molar-refractivity contribution in [2.45, 2.75) is 46.1 Å². The Morgan fingerprint density at radius 1 is 1.28 bits per heavy atom. The predicted molar refractivity (Wildman–Crippen MR) is 71.6 cm³/mol. The minimum absolute atomic E-state index is 0.00598. The van der Waals surface area contributed by atoms with Gasteiger partial charge in [-0.3, -0.25) is 9.59 Å².